The molecule has 17 heavy (non-hydrogen) atoms. The van der Waals surface area contributed by atoms with Gasteiger partial charge in [-0.25, -0.2) is 0 Å². The standard InChI is InChI=1S/C13H19ClN2O/c1-17-13-3-2-11(14)8-10(13)9-16-6-4-12(15)5-7-16/h2-3,8,12H,4-7,9,15H2,1H3. The highest BCUT2D eigenvalue weighted by Gasteiger charge is 2.17. The lowest BCUT2D eigenvalue weighted by Crippen LogP contribution is -2.39. The van der Waals surface area contributed by atoms with Crippen molar-refractivity contribution in [2.24, 2.45) is 5.73 Å². The number of piperidine rings is 1. The van der Waals surface area contributed by atoms with Gasteiger partial charge in [0.25, 0.3) is 0 Å². The first-order chi connectivity index (χ1) is 8.19. The third-order valence-electron chi connectivity index (χ3n) is 3.27. The molecule has 2 N–H and O–H groups in total. The molecule has 1 saturated heterocycles. The highest BCUT2D eigenvalue weighted by molar-refractivity contribution is 6.30. The van der Waals surface area contributed by atoms with Gasteiger partial charge in [-0.05, 0) is 44.1 Å². The highest BCUT2D eigenvalue weighted by Crippen LogP contribution is 2.25. The number of hydrogen-bond acceptors (Lipinski definition) is 3. The molecule has 1 heterocycles. The van der Waals surface area contributed by atoms with Gasteiger partial charge in [0, 0.05) is 23.2 Å². The second kappa shape index (κ2) is 5.71. The van der Waals surface area contributed by atoms with Gasteiger partial charge >= 0.3 is 0 Å². The molecule has 0 aliphatic carbocycles. The molecule has 0 aromatic heterocycles. The van der Waals surface area contributed by atoms with E-state index < -0.39 is 0 Å². The number of hydrogen-bond donors (Lipinski definition) is 1. The lowest BCUT2D eigenvalue weighted by atomic mass is 10.1. The normalized spacial score (nSPS) is 18.3. The minimum Gasteiger partial charge on any atom is -0.496 e. The van der Waals surface area contributed by atoms with Crippen LogP contribution in [-0.2, 0) is 6.54 Å². The molecule has 0 amide bonds. The van der Waals surface area contributed by atoms with Crippen molar-refractivity contribution in [2.45, 2.75) is 25.4 Å². The van der Waals surface area contributed by atoms with Crippen molar-refractivity contribution in [2.75, 3.05) is 20.2 Å². The molecule has 2 rings (SSSR count). The van der Waals surface area contributed by atoms with Crippen molar-refractivity contribution in [1.82, 2.24) is 4.90 Å². The Hall–Kier alpha value is -0.770. The van der Waals surface area contributed by atoms with Crippen molar-refractivity contribution < 1.29 is 4.74 Å². The number of nitrogens with two attached hydrogens (primary N) is 1. The van der Waals surface area contributed by atoms with Crippen molar-refractivity contribution >= 4 is 11.6 Å². The van der Waals surface area contributed by atoms with Gasteiger partial charge in [-0.15, -0.1) is 0 Å². The highest BCUT2D eigenvalue weighted by atomic mass is 35.5. The van der Waals surface area contributed by atoms with Crippen LogP contribution < -0.4 is 10.5 Å². The molecule has 1 fully saturated rings. The fraction of sp³-hybridized carbons (Fsp3) is 0.538. The summed E-state index contributed by atoms with van der Waals surface area (Å²) in [7, 11) is 1.69. The number of methoxy groups -OCH3 is 1. The van der Waals surface area contributed by atoms with Crippen LogP contribution in [0.1, 0.15) is 18.4 Å². The molecule has 4 heteroatoms. The zero-order valence-corrected chi connectivity index (χ0v) is 10.9. The molecule has 1 aliphatic rings. The number of halogens is 1. The summed E-state index contributed by atoms with van der Waals surface area (Å²) in [4.78, 5) is 2.40. The number of benzene rings is 1. The number of likely N-dealkylation sites (tertiary alicyclic amines) is 1. The summed E-state index contributed by atoms with van der Waals surface area (Å²) >= 11 is 6.02. The molecule has 0 atom stereocenters. The van der Waals surface area contributed by atoms with E-state index in [1.807, 2.05) is 18.2 Å². The van der Waals surface area contributed by atoms with Crippen molar-refractivity contribution in [3.8, 4) is 5.75 Å². The van der Waals surface area contributed by atoms with Gasteiger partial charge < -0.3 is 10.5 Å². The summed E-state index contributed by atoms with van der Waals surface area (Å²) in [5.41, 5.74) is 7.05. The lowest BCUT2D eigenvalue weighted by Gasteiger charge is -2.30. The molecule has 0 bridgehead atoms. The largest absolute Gasteiger partial charge is 0.496 e. The second-order valence-corrected chi connectivity index (χ2v) is 5.01. The van der Waals surface area contributed by atoms with Crippen LogP contribution >= 0.6 is 11.6 Å². The van der Waals surface area contributed by atoms with Crippen molar-refractivity contribution in [3.05, 3.63) is 28.8 Å². The molecular formula is C13H19ClN2O. The third kappa shape index (κ3) is 3.35. The monoisotopic (exact) mass is 254 g/mol. The molecule has 0 unspecified atom stereocenters. The number of rotatable bonds is 3. The maximum atomic E-state index is 6.02. The maximum absolute atomic E-state index is 6.02. The first kappa shape index (κ1) is 12.7. The predicted octanol–water partition coefficient (Wildman–Crippen LogP) is 2.27. The van der Waals surface area contributed by atoms with E-state index in [4.69, 9.17) is 22.1 Å². The average Bonchev–Trinajstić information content (AvgIpc) is 2.32. The van der Waals surface area contributed by atoms with Crippen molar-refractivity contribution in [1.29, 1.82) is 0 Å². The summed E-state index contributed by atoms with van der Waals surface area (Å²) in [6, 6.07) is 6.13. The Bertz CT molecular complexity index is 376. The molecule has 94 valence electrons. The lowest BCUT2D eigenvalue weighted by molar-refractivity contribution is 0.203. The Morgan fingerprint density at radius 2 is 2.12 bits per heavy atom. The van der Waals surface area contributed by atoms with Gasteiger partial charge in [-0.3, -0.25) is 4.90 Å². The SMILES string of the molecule is COc1ccc(Cl)cc1CN1CCC(N)CC1. The molecule has 0 saturated carbocycles. The maximum Gasteiger partial charge on any atom is 0.123 e. The molecule has 0 radical (unpaired) electrons. The fourth-order valence-corrected chi connectivity index (χ4v) is 2.42. The van der Waals surface area contributed by atoms with E-state index in [1.165, 1.54) is 0 Å². The summed E-state index contributed by atoms with van der Waals surface area (Å²) in [5.74, 6) is 0.907. The quantitative estimate of drug-likeness (QED) is 0.899. The Morgan fingerprint density at radius 1 is 1.41 bits per heavy atom. The van der Waals surface area contributed by atoms with Crippen LogP contribution in [0, 0.1) is 0 Å². The van der Waals surface area contributed by atoms with E-state index in [1.54, 1.807) is 7.11 Å². The minimum atomic E-state index is 0.368. The number of ether oxygens (including phenoxy) is 1. The third-order valence-corrected chi connectivity index (χ3v) is 3.50. The summed E-state index contributed by atoms with van der Waals surface area (Å²) in [6.07, 6.45) is 2.14. The molecule has 0 spiro atoms. The molecule has 3 nitrogen and oxygen atoms in total. The van der Waals surface area contributed by atoms with E-state index in [0.717, 1.165) is 48.8 Å². The summed E-state index contributed by atoms with van der Waals surface area (Å²) in [6.45, 7) is 2.99. The number of nitrogens with zero attached hydrogens (tertiary/aromatic N) is 1. The van der Waals surface area contributed by atoms with Crippen LogP contribution in [0.2, 0.25) is 5.02 Å². The van der Waals surface area contributed by atoms with Gasteiger partial charge in [0.2, 0.25) is 0 Å². The van der Waals surface area contributed by atoms with Gasteiger partial charge in [0.05, 0.1) is 7.11 Å². The van der Waals surface area contributed by atoms with Crippen LogP contribution in [-0.4, -0.2) is 31.1 Å². The molecule has 1 aromatic rings. The minimum absolute atomic E-state index is 0.368. The molecule has 1 aliphatic heterocycles. The molecule has 1 aromatic carbocycles. The topological polar surface area (TPSA) is 38.5 Å². The summed E-state index contributed by atoms with van der Waals surface area (Å²) < 4.78 is 5.35. The second-order valence-electron chi connectivity index (χ2n) is 4.57. The summed E-state index contributed by atoms with van der Waals surface area (Å²) in [5, 5.41) is 0.759. The van der Waals surface area contributed by atoms with Crippen LogP contribution in [0.4, 0.5) is 0 Å². The van der Waals surface area contributed by atoms with Crippen LogP contribution in [0.3, 0.4) is 0 Å². The smallest absolute Gasteiger partial charge is 0.123 e. The Morgan fingerprint density at radius 3 is 2.76 bits per heavy atom. The van der Waals surface area contributed by atoms with Gasteiger partial charge in [0.15, 0.2) is 0 Å². The van der Waals surface area contributed by atoms with E-state index in [-0.39, 0.29) is 0 Å². The van der Waals surface area contributed by atoms with Gasteiger partial charge in [-0.1, -0.05) is 11.6 Å². The van der Waals surface area contributed by atoms with E-state index in [2.05, 4.69) is 4.90 Å². The molecular weight excluding hydrogens is 236 g/mol. The zero-order chi connectivity index (χ0) is 12.3. The van der Waals surface area contributed by atoms with Crippen molar-refractivity contribution in [3.63, 3.8) is 0 Å². The van der Waals surface area contributed by atoms with Gasteiger partial charge in [-0.2, -0.15) is 0 Å². The average molecular weight is 255 g/mol. The van der Waals surface area contributed by atoms with Crippen LogP contribution in [0.15, 0.2) is 18.2 Å². The Balaban J connectivity index is 2.04. The van der Waals surface area contributed by atoms with E-state index in [0.29, 0.717) is 6.04 Å². The van der Waals surface area contributed by atoms with Crippen LogP contribution in [0.5, 0.6) is 5.75 Å². The Kier molecular flexibility index (Phi) is 4.26. The van der Waals surface area contributed by atoms with E-state index >= 15 is 0 Å². The first-order valence-electron chi connectivity index (χ1n) is 5.99. The zero-order valence-electron chi connectivity index (χ0n) is 10.2. The Labute approximate surface area is 107 Å². The predicted molar refractivity (Wildman–Crippen MR) is 70.5 cm³/mol. The van der Waals surface area contributed by atoms with Crippen LogP contribution in [0.25, 0.3) is 0 Å². The first-order valence-corrected chi connectivity index (χ1v) is 6.37. The van der Waals surface area contributed by atoms with E-state index in [9.17, 15) is 0 Å². The fourth-order valence-electron chi connectivity index (χ4n) is 2.22. The van der Waals surface area contributed by atoms with Gasteiger partial charge in [0.1, 0.15) is 5.75 Å².